The van der Waals surface area contributed by atoms with Crippen molar-refractivity contribution < 1.29 is 0 Å². The number of fused-ring (bicyclic) bond motifs is 1. The van der Waals surface area contributed by atoms with Crippen LogP contribution in [0.2, 0.25) is 0 Å². The molecule has 2 aromatic heterocycles. The lowest BCUT2D eigenvalue weighted by Gasteiger charge is -1.97. The van der Waals surface area contributed by atoms with E-state index in [0.717, 1.165) is 21.1 Å². The summed E-state index contributed by atoms with van der Waals surface area (Å²) in [5, 5.41) is 0. The van der Waals surface area contributed by atoms with Crippen molar-refractivity contribution in [1.82, 2.24) is 9.97 Å². The van der Waals surface area contributed by atoms with Crippen LogP contribution in [0.1, 0.15) is 5.56 Å². The van der Waals surface area contributed by atoms with Gasteiger partial charge in [-0.3, -0.25) is 0 Å². The molecule has 0 radical (unpaired) electrons. The molecule has 2 aromatic rings. The van der Waals surface area contributed by atoms with Gasteiger partial charge >= 0.3 is 0 Å². The number of aryl methyl sites for hydroxylation is 1. The molecule has 12 heavy (non-hydrogen) atoms. The molecule has 2 rings (SSSR count). The van der Waals surface area contributed by atoms with Gasteiger partial charge < -0.3 is 10.7 Å². The van der Waals surface area contributed by atoms with Crippen molar-refractivity contribution in [3.63, 3.8) is 0 Å². The van der Waals surface area contributed by atoms with E-state index < -0.39 is 0 Å². The molecule has 62 valence electrons. The highest BCUT2D eigenvalue weighted by atomic mass is 79.9. The molecule has 3 nitrogen and oxygen atoms in total. The minimum atomic E-state index is 0.533. The summed E-state index contributed by atoms with van der Waals surface area (Å²) in [7, 11) is 0. The van der Waals surface area contributed by atoms with Gasteiger partial charge in [0.05, 0.1) is 15.5 Å². The largest absolute Gasteiger partial charge is 0.383 e. The minimum absolute atomic E-state index is 0.533. The van der Waals surface area contributed by atoms with Crippen molar-refractivity contribution in [3.05, 3.63) is 22.3 Å². The molecular weight excluding hydrogens is 218 g/mol. The van der Waals surface area contributed by atoms with E-state index in [1.165, 1.54) is 0 Å². The van der Waals surface area contributed by atoms with Crippen LogP contribution >= 0.6 is 15.9 Å². The molecule has 0 spiro atoms. The van der Waals surface area contributed by atoms with Crippen molar-refractivity contribution in [3.8, 4) is 0 Å². The number of nitrogens with two attached hydrogens (primary N) is 1. The highest BCUT2D eigenvalue weighted by Gasteiger charge is 2.04. The second-order valence-electron chi connectivity index (χ2n) is 2.72. The number of nitrogens with zero attached hydrogens (tertiary/aromatic N) is 1. The number of aromatic nitrogens is 2. The Morgan fingerprint density at radius 1 is 1.58 bits per heavy atom. The quantitative estimate of drug-likeness (QED) is 0.723. The summed E-state index contributed by atoms with van der Waals surface area (Å²) >= 11 is 3.32. The molecule has 0 aliphatic carbocycles. The van der Waals surface area contributed by atoms with E-state index in [1.54, 1.807) is 0 Å². The average molecular weight is 226 g/mol. The zero-order valence-corrected chi connectivity index (χ0v) is 8.14. The van der Waals surface area contributed by atoms with Crippen molar-refractivity contribution in [2.24, 2.45) is 0 Å². The minimum Gasteiger partial charge on any atom is -0.383 e. The number of aromatic amines is 1. The van der Waals surface area contributed by atoms with Crippen LogP contribution in [0.5, 0.6) is 0 Å². The first-order valence-electron chi connectivity index (χ1n) is 3.58. The summed E-state index contributed by atoms with van der Waals surface area (Å²) in [6.07, 6.45) is 1.92. The second-order valence-corrected chi connectivity index (χ2v) is 3.58. The third-order valence-corrected chi connectivity index (χ3v) is 2.46. The van der Waals surface area contributed by atoms with Crippen LogP contribution in [-0.2, 0) is 0 Å². The Hall–Kier alpha value is -1.03. The molecular formula is C8H8BrN3. The molecule has 0 saturated heterocycles. The highest BCUT2D eigenvalue weighted by molar-refractivity contribution is 9.10. The Morgan fingerprint density at radius 3 is 3.08 bits per heavy atom. The van der Waals surface area contributed by atoms with Crippen LogP contribution in [0.3, 0.4) is 0 Å². The molecule has 2 heterocycles. The average Bonchev–Trinajstić information content (AvgIpc) is 2.35. The van der Waals surface area contributed by atoms with E-state index >= 15 is 0 Å². The van der Waals surface area contributed by atoms with Gasteiger partial charge in [0.1, 0.15) is 5.82 Å². The van der Waals surface area contributed by atoms with Crippen LogP contribution in [0.25, 0.3) is 11.0 Å². The Morgan fingerprint density at radius 2 is 2.33 bits per heavy atom. The van der Waals surface area contributed by atoms with E-state index in [0.29, 0.717) is 5.82 Å². The summed E-state index contributed by atoms with van der Waals surface area (Å²) in [6.45, 7) is 2.00. The van der Waals surface area contributed by atoms with Crippen LogP contribution < -0.4 is 5.73 Å². The fourth-order valence-corrected chi connectivity index (χ4v) is 1.49. The molecule has 0 unspecified atom stereocenters. The number of hydrogen-bond acceptors (Lipinski definition) is 2. The number of hydrogen-bond donors (Lipinski definition) is 2. The maximum absolute atomic E-state index is 5.64. The van der Waals surface area contributed by atoms with Crippen LogP contribution in [0, 0.1) is 6.92 Å². The lowest BCUT2D eigenvalue weighted by atomic mass is 10.3. The number of halogens is 1. The van der Waals surface area contributed by atoms with Gasteiger partial charge in [-0.1, -0.05) is 0 Å². The number of anilines is 1. The number of nitrogens with one attached hydrogen (secondary N) is 1. The van der Waals surface area contributed by atoms with Gasteiger partial charge in [0.25, 0.3) is 0 Å². The van der Waals surface area contributed by atoms with Gasteiger partial charge in [0, 0.05) is 6.20 Å². The van der Waals surface area contributed by atoms with E-state index in [2.05, 4.69) is 25.9 Å². The topological polar surface area (TPSA) is 54.7 Å². The lowest BCUT2D eigenvalue weighted by molar-refractivity contribution is 1.38. The fraction of sp³-hybridized carbons (Fsp3) is 0.125. The lowest BCUT2D eigenvalue weighted by Crippen LogP contribution is -1.91. The number of rotatable bonds is 0. The summed E-state index contributed by atoms with van der Waals surface area (Å²) < 4.78 is 0.830. The van der Waals surface area contributed by atoms with Crippen molar-refractivity contribution in [1.29, 1.82) is 0 Å². The molecule has 0 saturated carbocycles. The van der Waals surface area contributed by atoms with Gasteiger partial charge in [-0.2, -0.15) is 0 Å². The zero-order chi connectivity index (χ0) is 8.72. The van der Waals surface area contributed by atoms with Crippen LogP contribution in [-0.4, -0.2) is 9.97 Å². The Kier molecular flexibility index (Phi) is 1.58. The molecule has 0 aromatic carbocycles. The molecule has 0 fully saturated rings. The smallest absolute Gasteiger partial charge is 0.138 e. The molecule has 0 atom stereocenters. The van der Waals surface area contributed by atoms with Gasteiger partial charge in [0.2, 0.25) is 0 Å². The molecule has 0 aliphatic rings. The normalized spacial score (nSPS) is 10.8. The highest BCUT2D eigenvalue weighted by Crippen LogP contribution is 2.23. The van der Waals surface area contributed by atoms with Gasteiger partial charge in [-0.05, 0) is 34.5 Å². The van der Waals surface area contributed by atoms with Crippen LogP contribution in [0.4, 0.5) is 5.82 Å². The summed E-state index contributed by atoms with van der Waals surface area (Å²) in [5.41, 5.74) is 8.71. The van der Waals surface area contributed by atoms with Crippen molar-refractivity contribution >= 4 is 32.8 Å². The standard InChI is InChI=1S/C8H8BrN3/c1-4-3-11-6-2-5(9)8(10)12-7(4)6/h2-3,11H,1H3,(H2,10,12). The Bertz CT molecular complexity index is 433. The number of H-pyrrole nitrogens is 1. The Labute approximate surface area is 78.1 Å². The third-order valence-electron chi connectivity index (χ3n) is 1.82. The molecule has 0 aliphatic heterocycles. The molecule has 0 bridgehead atoms. The Balaban J connectivity index is 2.87. The van der Waals surface area contributed by atoms with Gasteiger partial charge in [-0.25, -0.2) is 4.98 Å². The molecule has 0 amide bonds. The van der Waals surface area contributed by atoms with Gasteiger partial charge in [-0.15, -0.1) is 0 Å². The summed E-state index contributed by atoms with van der Waals surface area (Å²) in [4.78, 5) is 7.34. The second kappa shape index (κ2) is 2.48. The van der Waals surface area contributed by atoms with E-state index in [4.69, 9.17) is 5.73 Å². The monoisotopic (exact) mass is 225 g/mol. The van der Waals surface area contributed by atoms with Crippen LogP contribution in [0.15, 0.2) is 16.7 Å². The predicted molar refractivity (Wildman–Crippen MR) is 52.9 cm³/mol. The number of nitrogen functional groups attached to an aromatic ring is 1. The summed E-state index contributed by atoms with van der Waals surface area (Å²) in [6, 6.07) is 1.94. The zero-order valence-electron chi connectivity index (χ0n) is 6.56. The fourth-order valence-electron chi connectivity index (χ4n) is 1.17. The first-order valence-corrected chi connectivity index (χ1v) is 4.37. The summed E-state index contributed by atoms with van der Waals surface area (Å²) in [5.74, 6) is 0.533. The maximum Gasteiger partial charge on any atom is 0.138 e. The number of pyridine rings is 1. The molecule has 3 N–H and O–H groups in total. The van der Waals surface area contributed by atoms with Crippen molar-refractivity contribution in [2.45, 2.75) is 6.92 Å². The first kappa shape index (κ1) is 7.61. The maximum atomic E-state index is 5.64. The SMILES string of the molecule is Cc1c[nH]c2cc(Br)c(N)nc12. The van der Waals surface area contributed by atoms with E-state index in [-0.39, 0.29) is 0 Å². The third kappa shape index (κ3) is 0.992. The molecule has 4 heteroatoms. The van der Waals surface area contributed by atoms with E-state index in [1.807, 2.05) is 19.2 Å². The first-order chi connectivity index (χ1) is 5.68. The van der Waals surface area contributed by atoms with E-state index in [9.17, 15) is 0 Å². The predicted octanol–water partition coefficient (Wildman–Crippen LogP) is 2.22. The van der Waals surface area contributed by atoms with Gasteiger partial charge in [0.15, 0.2) is 0 Å². The van der Waals surface area contributed by atoms with Crippen molar-refractivity contribution in [2.75, 3.05) is 5.73 Å².